The highest BCUT2D eigenvalue weighted by molar-refractivity contribution is 7.16. The summed E-state index contributed by atoms with van der Waals surface area (Å²) in [5, 5.41) is 4.08. The Kier molecular flexibility index (Phi) is 7.46. The summed E-state index contributed by atoms with van der Waals surface area (Å²) in [7, 11) is 0. The van der Waals surface area contributed by atoms with Crippen molar-refractivity contribution in [1.82, 2.24) is 9.88 Å². The molecule has 29 heavy (non-hydrogen) atoms. The molecule has 1 N–H and O–H groups in total. The van der Waals surface area contributed by atoms with Gasteiger partial charge in [-0.3, -0.25) is 9.69 Å². The van der Waals surface area contributed by atoms with Gasteiger partial charge in [-0.1, -0.05) is 18.5 Å². The van der Waals surface area contributed by atoms with E-state index in [1.165, 1.54) is 11.3 Å². The number of thiophene rings is 1. The van der Waals surface area contributed by atoms with Crippen molar-refractivity contribution in [3.05, 3.63) is 39.9 Å². The number of rotatable bonds is 7. The molecular weight excluding hydrogens is 412 g/mol. The maximum atomic E-state index is 12.6. The number of carbonyl (C=O) groups excluding carboxylic acids is 2. The maximum absolute atomic E-state index is 12.6. The minimum absolute atomic E-state index is 0.127. The fraction of sp³-hybridized carbons (Fsp3) is 0.450. The number of esters is 1. The molecule has 2 aromatic heterocycles. The number of aromatic nitrogens is 1. The van der Waals surface area contributed by atoms with Crippen molar-refractivity contribution < 1.29 is 14.3 Å². The van der Waals surface area contributed by atoms with Crippen LogP contribution in [-0.2, 0) is 16.0 Å². The number of halogens is 1. The lowest BCUT2D eigenvalue weighted by Crippen LogP contribution is -2.48. The van der Waals surface area contributed by atoms with Crippen LogP contribution in [0.15, 0.2) is 24.4 Å². The largest absolute Gasteiger partial charge is 0.462 e. The summed E-state index contributed by atoms with van der Waals surface area (Å²) in [5.74, 6) is 0.365. The van der Waals surface area contributed by atoms with Crippen LogP contribution >= 0.6 is 22.9 Å². The molecule has 3 heterocycles. The second-order valence-electron chi connectivity index (χ2n) is 6.68. The molecule has 0 saturated carbocycles. The van der Waals surface area contributed by atoms with Gasteiger partial charge in [0.25, 0.3) is 0 Å². The lowest BCUT2D eigenvalue weighted by atomic mass is 10.2. The molecule has 7 nitrogen and oxygen atoms in total. The molecule has 1 fully saturated rings. The predicted molar refractivity (Wildman–Crippen MR) is 116 cm³/mol. The quantitative estimate of drug-likeness (QED) is 0.671. The molecule has 0 bridgehead atoms. The van der Waals surface area contributed by atoms with Crippen LogP contribution in [0.1, 0.15) is 29.1 Å². The van der Waals surface area contributed by atoms with Gasteiger partial charge in [0.1, 0.15) is 10.8 Å². The number of anilines is 2. The summed E-state index contributed by atoms with van der Waals surface area (Å²) < 4.78 is 5.11. The third-order valence-electron chi connectivity index (χ3n) is 4.66. The normalized spacial score (nSPS) is 14.7. The number of aryl methyl sites for hydroxylation is 1. The van der Waals surface area contributed by atoms with E-state index in [4.69, 9.17) is 16.3 Å². The first-order chi connectivity index (χ1) is 14.0. The summed E-state index contributed by atoms with van der Waals surface area (Å²) in [4.78, 5) is 34.4. The van der Waals surface area contributed by atoms with E-state index in [1.54, 1.807) is 19.2 Å². The summed E-state index contributed by atoms with van der Waals surface area (Å²) in [6.07, 6.45) is 2.44. The van der Waals surface area contributed by atoms with Gasteiger partial charge in [0, 0.05) is 37.3 Å². The van der Waals surface area contributed by atoms with Gasteiger partial charge in [-0.25, -0.2) is 9.78 Å². The molecule has 1 aliphatic rings. The van der Waals surface area contributed by atoms with E-state index in [1.807, 2.05) is 19.1 Å². The molecule has 2 aromatic rings. The van der Waals surface area contributed by atoms with Crippen molar-refractivity contribution >= 4 is 45.6 Å². The average molecular weight is 437 g/mol. The van der Waals surface area contributed by atoms with E-state index < -0.39 is 5.97 Å². The predicted octanol–water partition coefficient (Wildman–Crippen LogP) is 3.30. The number of amides is 1. The molecular formula is C20H25ClN4O3S. The number of carbonyl (C=O) groups is 2. The Bertz CT molecular complexity index is 848. The van der Waals surface area contributed by atoms with Crippen molar-refractivity contribution in [3.63, 3.8) is 0 Å². The van der Waals surface area contributed by atoms with Crippen LogP contribution in [0, 0.1) is 0 Å². The zero-order chi connectivity index (χ0) is 20.8. The van der Waals surface area contributed by atoms with E-state index in [2.05, 4.69) is 20.1 Å². The number of piperazine rings is 1. The van der Waals surface area contributed by atoms with Gasteiger partial charge in [0.15, 0.2) is 0 Å². The number of hydrogen-bond donors (Lipinski definition) is 1. The first-order valence-electron chi connectivity index (χ1n) is 9.68. The Morgan fingerprint density at radius 3 is 2.62 bits per heavy atom. The van der Waals surface area contributed by atoms with E-state index in [9.17, 15) is 9.59 Å². The summed E-state index contributed by atoms with van der Waals surface area (Å²) in [6.45, 7) is 7.45. The Morgan fingerprint density at radius 1 is 1.24 bits per heavy atom. The molecule has 1 amide bonds. The second kappa shape index (κ2) is 10.0. The van der Waals surface area contributed by atoms with Crippen molar-refractivity contribution in [2.45, 2.75) is 20.3 Å². The van der Waals surface area contributed by atoms with Crippen LogP contribution in [0.2, 0.25) is 5.02 Å². The van der Waals surface area contributed by atoms with Gasteiger partial charge >= 0.3 is 5.97 Å². The van der Waals surface area contributed by atoms with Crippen LogP contribution in [0.4, 0.5) is 10.8 Å². The Balaban J connectivity index is 1.54. The lowest BCUT2D eigenvalue weighted by molar-refractivity contribution is -0.117. The van der Waals surface area contributed by atoms with E-state index >= 15 is 0 Å². The highest BCUT2D eigenvalue weighted by atomic mass is 35.5. The van der Waals surface area contributed by atoms with Gasteiger partial charge in [-0.05, 0) is 31.5 Å². The van der Waals surface area contributed by atoms with E-state index in [0.717, 1.165) is 43.3 Å². The number of ether oxygens (including phenoxy) is 1. The Hall–Kier alpha value is -2.16. The zero-order valence-corrected chi connectivity index (χ0v) is 18.2. The molecule has 1 aliphatic heterocycles. The lowest BCUT2D eigenvalue weighted by Gasteiger charge is -2.34. The number of pyridine rings is 1. The molecule has 9 heteroatoms. The highest BCUT2D eigenvalue weighted by Crippen LogP contribution is 2.29. The standard InChI is InChI=1S/C20H25ClN4O3S/c1-3-15-11-16(20(27)28-4-2)19(29-15)23-18(26)13-24-7-9-25(10-8-24)17-6-5-14(21)12-22-17/h5-6,11-12H,3-4,7-10,13H2,1-2H3,(H,23,26). The van der Waals surface area contributed by atoms with Gasteiger partial charge in [0.05, 0.1) is 23.7 Å². The van der Waals surface area contributed by atoms with Gasteiger partial charge in [0.2, 0.25) is 5.91 Å². The molecule has 0 aromatic carbocycles. The molecule has 156 valence electrons. The van der Waals surface area contributed by atoms with E-state index in [0.29, 0.717) is 22.2 Å². The fourth-order valence-electron chi connectivity index (χ4n) is 3.13. The minimum atomic E-state index is -0.400. The van der Waals surface area contributed by atoms with Crippen molar-refractivity contribution in [2.24, 2.45) is 0 Å². The zero-order valence-electron chi connectivity index (χ0n) is 16.6. The Labute approximate surface area is 179 Å². The molecule has 1 saturated heterocycles. The Morgan fingerprint density at radius 2 is 2.00 bits per heavy atom. The molecule has 0 atom stereocenters. The second-order valence-corrected chi connectivity index (χ2v) is 8.25. The van der Waals surface area contributed by atoms with Crippen LogP contribution < -0.4 is 10.2 Å². The highest BCUT2D eigenvalue weighted by Gasteiger charge is 2.22. The average Bonchev–Trinajstić information content (AvgIpc) is 3.12. The fourth-order valence-corrected chi connectivity index (χ4v) is 4.24. The molecule has 0 aliphatic carbocycles. The summed E-state index contributed by atoms with van der Waals surface area (Å²) in [5.41, 5.74) is 0.431. The maximum Gasteiger partial charge on any atom is 0.341 e. The monoisotopic (exact) mass is 436 g/mol. The minimum Gasteiger partial charge on any atom is -0.462 e. The van der Waals surface area contributed by atoms with Gasteiger partial charge in [-0.15, -0.1) is 11.3 Å². The number of nitrogens with zero attached hydrogens (tertiary/aromatic N) is 3. The van der Waals surface area contributed by atoms with Crippen molar-refractivity contribution in [3.8, 4) is 0 Å². The number of hydrogen-bond acceptors (Lipinski definition) is 7. The first kappa shape index (κ1) is 21.5. The molecule has 3 rings (SSSR count). The molecule has 0 unspecified atom stereocenters. The first-order valence-corrected chi connectivity index (χ1v) is 10.9. The van der Waals surface area contributed by atoms with Crippen LogP contribution in [-0.4, -0.2) is 61.1 Å². The molecule has 0 spiro atoms. The van der Waals surface area contributed by atoms with E-state index in [-0.39, 0.29) is 12.5 Å². The third-order valence-corrected chi connectivity index (χ3v) is 6.07. The van der Waals surface area contributed by atoms with Gasteiger partial charge in [-0.2, -0.15) is 0 Å². The smallest absolute Gasteiger partial charge is 0.341 e. The topological polar surface area (TPSA) is 74.8 Å². The van der Waals surface area contributed by atoms with Gasteiger partial charge < -0.3 is 15.0 Å². The molecule has 0 radical (unpaired) electrons. The summed E-state index contributed by atoms with van der Waals surface area (Å²) >= 11 is 7.32. The SMILES string of the molecule is CCOC(=O)c1cc(CC)sc1NC(=O)CN1CCN(c2ccc(Cl)cn2)CC1. The summed E-state index contributed by atoms with van der Waals surface area (Å²) in [6, 6.07) is 5.54. The van der Waals surface area contributed by atoms with Crippen LogP contribution in [0.5, 0.6) is 0 Å². The van der Waals surface area contributed by atoms with Crippen LogP contribution in [0.25, 0.3) is 0 Å². The van der Waals surface area contributed by atoms with Crippen molar-refractivity contribution in [1.29, 1.82) is 0 Å². The third kappa shape index (κ3) is 5.68. The number of nitrogens with one attached hydrogen (secondary N) is 1. The van der Waals surface area contributed by atoms with Crippen molar-refractivity contribution in [2.75, 3.05) is 49.5 Å². The van der Waals surface area contributed by atoms with Crippen LogP contribution in [0.3, 0.4) is 0 Å².